The van der Waals surface area contributed by atoms with Gasteiger partial charge >= 0.3 is 5.97 Å². The lowest BCUT2D eigenvalue weighted by Gasteiger charge is -2.03. The number of phenolic OH excluding ortho intramolecular Hbond substituents is 1. The minimum atomic E-state index is -0.338. The lowest BCUT2D eigenvalue weighted by Crippen LogP contribution is -2.00. The molecule has 0 saturated heterocycles. The number of carbonyl (C=O) groups is 1. The van der Waals surface area contributed by atoms with E-state index in [9.17, 15) is 9.90 Å². The van der Waals surface area contributed by atoms with Gasteiger partial charge in [-0.25, -0.2) is 4.79 Å². The lowest BCUT2D eigenvalue weighted by atomic mass is 10.0. The highest BCUT2D eigenvalue weighted by Gasteiger charge is 2.11. The smallest absolute Gasteiger partial charge is 0.337 e. The molecule has 4 heteroatoms. The number of thiophene rings is 1. The van der Waals surface area contributed by atoms with Gasteiger partial charge in [0.05, 0.1) is 12.7 Å². The Morgan fingerprint density at radius 1 is 1.15 bits per heavy atom. The molecule has 100 valence electrons. The first kappa shape index (κ1) is 12.7. The fourth-order valence-electron chi connectivity index (χ4n) is 2.14. The van der Waals surface area contributed by atoms with Gasteiger partial charge in [-0.05, 0) is 41.3 Å². The number of esters is 1. The number of aromatic hydroxyl groups is 1. The summed E-state index contributed by atoms with van der Waals surface area (Å²) in [6.45, 7) is 0. The summed E-state index contributed by atoms with van der Waals surface area (Å²) in [6.07, 6.45) is 0. The molecule has 1 aromatic heterocycles. The standard InChI is InChI=1S/C16H12O3S/c1-19-16(18)11-4-7-15-13(8-11)14(9-20-15)10-2-5-12(17)6-3-10/h2-9,17H,1H3. The predicted octanol–water partition coefficient (Wildman–Crippen LogP) is 4.06. The Bertz CT molecular complexity index is 772. The van der Waals surface area contributed by atoms with Crippen molar-refractivity contribution in [1.29, 1.82) is 0 Å². The van der Waals surface area contributed by atoms with E-state index in [1.807, 2.05) is 24.3 Å². The van der Waals surface area contributed by atoms with Crippen LogP contribution in [0.3, 0.4) is 0 Å². The largest absolute Gasteiger partial charge is 0.508 e. The number of benzene rings is 2. The van der Waals surface area contributed by atoms with E-state index in [0.29, 0.717) is 5.56 Å². The Kier molecular flexibility index (Phi) is 3.16. The van der Waals surface area contributed by atoms with Gasteiger partial charge in [-0.15, -0.1) is 11.3 Å². The summed E-state index contributed by atoms with van der Waals surface area (Å²) in [5, 5.41) is 12.4. The van der Waals surface area contributed by atoms with Gasteiger partial charge in [-0.2, -0.15) is 0 Å². The quantitative estimate of drug-likeness (QED) is 0.722. The first-order valence-electron chi connectivity index (χ1n) is 6.08. The summed E-state index contributed by atoms with van der Waals surface area (Å²) in [6, 6.07) is 12.6. The number of hydrogen-bond donors (Lipinski definition) is 1. The van der Waals surface area contributed by atoms with Gasteiger partial charge in [0.1, 0.15) is 5.75 Å². The van der Waals surface area contributed by atoms with Gasteiger partial charge in [0.2, 0.25) is 0 Å². The van der Waals surface area contributed by atoms with E-state index < -0.39 is 0 Å². The number of rotatable bonds is 2. The molecule has 0 aliphatic carbocycles. The molecule has 0 amide bonds. The summed E-state index contributed by atoms with van der Waals surface area (Å²) in [5.74, 6) is -0.0988. The SMILES string of the molecule is COC(=O)c1ccc2scc(-c3ccc(O)cc3)c2c1. The molecule has 0 spiro atoms. The Balaban J connectivity index is 2.16. The van der Waals surface area contributed by atoms with E-state index in [1.54, 1.807) is 29.5 Å². The zero-order valence-corrected chi connectivity index (χ0v) is 11.6. The van der Waals surface area contributed by atoms with Gasteiger partial charge in [-0.1, -0.05) is 12.1 Å². The molecule has 3 rings (SSSR count). The minimum absolute atomic E-state index is 0.239. The molecule has 3 nitrogen and oxygen atoms in total. The number of fused-ring (bicyclic) bond motifs is 1. The highest BCUT2D eigenvalue weighted by atomic mass is 32.1. The number of ether oxygens (including phenoxy) is 1. The molecule has 0 saturated carbocycles. The third-order valence-corrected chi connectivity index (χ3v) is 4.14. The van der Waals surface area contributed by atoms with E-state index >= 15 is 0 Å². The van der Waals surface area contributed by atoms with Crippen LogP contribution in [0.5, 0.6) is 5.75 Å². The first-order chi connectivity index (χ1) is 9.69. The molecule has 0 aliphatic heterocycles. The van der Waals surface area contributed by atoms with Crippen LogP contribution in [0.25, 0.3) is 21.2 Å². The molecule has 1 N–H and O–H groups in total. The van der Waals surface area contributed by atoms with Crippen LogP contribution < -0.4 is 0 Å². The summed E-state index contributed by atoms with van der Waals surface area (Å²) < 4.78 is 5.87. The fourth-order valence-corrected chi connectivity index (χ4v) is 3.09. The molecule has 3 aromatic rings. The van der Waals surface area contributed by atoms with E-state index in [-0.39, 0.29) is 11.7 Å². The molecule has 0 fully saturated rings. The predicted molar refractivity (Wildman–Crippen MR) is 80.3 cm³/mol. The van der Waals surface area contributed by atoms with Gasteiger partial charge < -0.3 is 9.84 Å². The van der Waals surface area contributed by atoms with Crippen LogP contribution in [0, 0.1) is 0 Å². The zero-order chi connectivity index (χ0) is 14.1. The highest BCUT2D eigenvalue weighted by molar-refractivity contribution is 7.17. The Labute approximate surface area is 120 Å². The van der Waals surface area contributed by atoms with Gasteiger partial charge in [-0.3, -0.25) is 0 Å². The summed E-state index contributed by atoms with van der Waals surface area (Å²) in [7, 11) is 1.38. The van der Waals surface area contributed by atoms with Crippen LogP contribution in [0.2, 0.25) is 0 Å². The molecule has 2 aromatic carbocycles. The van der Waals surface area contributed by atoms with Crippen LogP contribution in [0.15, 0.2) is 47.8 Å². The third-order valence-electron chi connectivity index (χ3n) is 3.17. The zero-order valence-electron chi connectivity index (χ0n) is 10.8. The molecule has 0 radical (unpaired) electrons. The van der Waals surface area contributed by atoms with Crippen molar-refractivity contribution < 1.29 is 14.6 Å². The van der Waals surface area contributed by atoms with Crippen molar-refractivity contribution in [3.63, 3.8) is 0 Å². The first-order valence-corrected chi connectivity index (χ1v) is 6.96. The summed E-state index contributed by atoms with van der Waals surface area (Å²) in [4.78, 5) is 11.6. The lowest BCUT2D eigenvalue weighted by molar-refractivity contribution is 0.0601. The van der Waals surface area contributed by atoms with Gasteiger partial charge in [0.15, 0.2) is 0 Å². The number of hydrogen-bond acceptors (Lipinski definition) is 4. The molecule has 0 unspecified atom stereocenters. The second-order valence-corrected chi connectivity index (χ2v) is 5.31. The average Bonchev–Trinajstić information content (AvgIpc) is 2.90. The highest BCUT2D eigenvalue weighted by Crippen LogP contribution is 2.35. The molecular weight excluding hydrogens is 272 g/mol. The topological polar surface area (TPSA) is 46.5 Å². The van der Waals surface area contributed by atoms with Crippen LogP contribution in [0.1, 0.15) is 10.4 Å². The fraction of sp³-hybridized carbons (Fsp3) is 0.0625. The maximum absolute atomic E-state index is 11.6. The molecular formula is C16H12O3S. The van der Waals surface area contributed by atoms with E-state index in [4.69, 9.17) is 4.74 Å². The molecule has 0 bridgehead atoms. The van der Waals surface area contributed by atoms with Crippen molar-refractivity contribution in [2.24, 2.45) is 0 Å². The van der Waals surface area contributed by atoms with E-state index in [0.717, 1.165) is 21.2 Å². The third kappa shape index (κ3) is 2.14. The number of methoxy groups -OCH3 is 1. The molecule has 1 heterocycles. The maximum atomic E-state index is 11.6. The monoisotopic (exact) mass is 284 g/mol. The van der Waals surface area contributed by atoms with Crippen molar-refractivity contribution >= 4 is 27.4 Å². The molecule has 0 aliphatic rings. The minimum Gasteiger partial charge on any atom is -0.508 e. The van der Waals surface area contributed by atoms with E-state index in [1.165, 1.54) is 7.11 Å². The van der Waals surface area contributed by atoms with Crippen molar-refractivity contribution in [2.45, 2.75) is 0 Å². The normalized spacial score (nSPS) is 10.7. The molecule has 0 atom stereocenters. The van der Waals surface area contributed by atoms with Crippen molar-refractivity contribution in [2.75, 3.05) is 7.11 Å². The number of phenols is 1. The average molecular weight is 284 g/mol. The Morgan fingerprint density at radius 2 is 1.90 bits per heavy atom. The van der Waals surface area contributed by atoms with Crippen LogP contribution in [-0.4, -0.2) is 18.2 Å². The van der Waals surface area contributed by atoms with Crippen molar-refractivity contribution in [3.8, 4) is 16.9 Å². The second-order valence-electron chi connectivity index (χ2n) is 4.40. The van der Waals surface area contributed by atoms with Gasteiger partial charge in [0, 0.05) is 15.6 Å². The maximum Gasteiger partial charge on any atom is 0.337 e. The summed E-state index contributed by atoms with van der Waals surface area (Å²) >= 11 is 1.63. The molecule has 20 heavy (non-hydrogen) atoms. The van der Waals surface area contributed by atoms with Crippen molar-refractivity contribution in [1.82, 2.24) is 0 Å². The number of carbonyl (C=O) groups excluding carboxylic acids is 1. The van der Waals surface area contributed by atoms with E-state index in [2.05, 4.69) is 5.38 Å². The van der Waals surface area contributed by atoms with Crippen LogP contribution in [0.4, 0.5) is 0 Å². The van der Waals surface area contributed by atoms with Crippen LogP contribution in [-0.2, 0) is 4.74 Å². The van der Waals surface area contributed by atoms with Crippen LogP contribution >= 0.6 is 11.3 Å². The van der Waals surface area contributed by atoms with Gasteiger partial charge in [0.25, 0.3) is 0 Å². The Morgan fingerprint density at radius 3 is 2.60 bits per heavy atom. The summed E-state index contributed by atoms with van der Waals surface area (Å²) in [5.41, 5.74) is 2.60. The Hall–Kier alpha value is -2.33. The second kappa shape index (κ2) is 4.98. The van der Waals surface area contributed by atoms with Crippen molar-refractivity contribution in [3.05, 3.63) is 53.4 Å².